The van der Waals surface area contributed by atoms with E-state index in [9.17, 15) is 0 Å². The maximum absolute atomic E-state index is 6.02. The van der Waals surface area contributed by atoms with Gasteiger partial charge in [0.15, 0.2) is 0 Å². The zero-order valence-electron chi connectivity index (χ0n) is 10.8. The number of anilines is 1. The molecular weight excluding hydrogens is 222 g/mol. The highest BCUT2D eigenvalue weighted by molar-refractivity contribution is 5.52. The summed E-state index contributed by atoms with van der Waals surface area (Å²) >= 11 is 0. The fraction of sp³-hybridized carbons (Fsp3) is 0.200. The van der Waals surface area contributed by atoms with Crippen LogP contribution in [0.3, 0.4) is 0 Å². The minimum atomic E-state index is -0.0770. The van der Waals surface area contributed by atoms with Crippen molar-refractivity contribution in [3.05, 3.63) is 64.7 Å². The van der Waals surface area contributed by atoms with Gasteiger partial charge in [0, 0.05) is 5.69 Å². The summed E-state index contributed by atoms with van der Waals surface area (Å²) in [5.74, 6) is 5.71. The molecule has 0 fully saturated rings. The Bertz CT molecular complexity index is 549. The van der Waals surface area contributed by atoms with Crippen LogP contribution in [-0.2, 0) is 0 Å². The van der Waals surface area contributed by atoms with E-state index in [1.807, 2.05) is 24.3 Å². The number of benzene rings is 2. The van der Waals surface area contributed by atoms with Gasteiger partial charge in [-0.15, -0.1) is 0 Å². The monoisotopic (exact) mass is 241 g/mol. The second kappa shape index (κ2) is 5.21. The molecule has 94 valence electrons. The molecule has 0 aliphatic carbocycles. The number of hydrazine groups is 1. The number of hydrogen-bond acceptors (Lipinski definition) is 3. The lowest BCUT2D eigenvalue weighted by Crippen LogP contribution is -2.30. The minimum Gasteiger partial charge on any atom is -0.398 e. The molecule has 0 radical (unpaired) electrons. The molecule has 0 bridgehead atoms. The molecular formula is C15H19N3. The SMILES string of the molecule is Cc1ccc(C(NN)c2ccccc2N)c(C)c1. The van der Waals surface area contributed by atoms with Crippen LogP contribution in [0.4, 0.5) is 5.69 Å². The largest absolute Gasteiger partial charge is 0.398 e. The number of nitrogens with one attached hydrogen (secondary N) is 1. The van der Waals surface area contributed by atoms with Crippen LogP contribution in [0.25, 0.3) is 0 Å². The Labute approximate surface area is 108 Å². The topological polar surface area (TPSA) is 64.1 Å². The van der Waals surface area contributed by atoms with E-state index in [1.165, 1.54) is 11.1 Å². The normalized spacial score (nSPS) is 12.4. The van der Waals surface area contributed by atoms with Crippen LogP contribution in [0.1, 0.15) is 28.3 Å². The van der Waals surface area contributed by atoms with Gasteiger partial charge in [-0.1, -0.05) is 42.0 Å². The molecule has 3 nitrogen and oxygen atoms in total. The third-order valence-electron chi connectivity index (χ3n) is 3.21. The molecule has 1 atom stereocenters. The van der Waals surface area contributed by atoms with Gasteiger partial charge in [-0.25, -0.2) is 5.43 Å². The fourth-order valence-corrected chi connectivity index (χ4v) is 2.27. The third-order valence-corrected chi connectivity index (χ3v) is 3.21. The van der Waals surface area contributed by atoms with E-state index in [-0.39, 0.29) is 6.04 Å². The smallest absolute Gasteiger partial charge is 0.0732 e. The van der Waals surface area contributed by atoms with Crippen LogP contribution in [0, 0.1) is 13.8 Å². The minimum absolute atomic E-state index is 0.0770. The lowest BCUT2D eigenvalue weighted by atomic mass is 9.93. The Kier molecular flexibility index (Phi) is 3.65. The maximum Gasteiger partial charge on any atom is 0.0732 e. The molecule has 2 rings (SSSR count). The molecule has 2 aromatic rings. The van der Waals surface area contributed by atoms with Gasteiger partial charge in [0.25, 0.3) is 0 Å². The summed E-state index contributed by atoms with van der Waals surface area (Å²) in [4.78, 5) is 0. The van der Waals surface area contributed by atoms with Crippen LogP contribution in [-0.4, -0.2) is 0 Å². The van der Waals surface area contributed by atoms with Crippen molar-refractivity contribution in [1.29, 1.82) is 0 Å². The average Bonchev–Trinajstić information content (AvgIpc) is 2.34. The highest BCUT2D eigenvalue weighted by Crippen LogP contribution is 2.28. The Morgan fingerprint density at radius 3 is 2.33 bits per heavy atom. The van der Waals surface area contributed by atoms with Crippen molar-refractivity contribution in [2.75, 3.05) is 5.73 Å². The molecule has 0 saturated heterocycles. The first-order valence-corrected chi connectivity index (χ1v) is 6.01. The summed E-state index contributed by atoms with van der Waals surface area (Å²) in [6.45, 7) is 4.17. The van der Waals surface area contributed by atoms with Crippen LogP contribution < -0.4 is 17.0 Å². The van der Waals surface area contributed by atoms with Gasteiger partial charge in [-0.3, -0.25) is 5.84 Å². The predicted molar refractivity (Wildman–Crippen MR) is 75.9 cm³/mol. The standard InChI is InChI=1S/C15H19N3/c1-10-7-8-12(11(2)9-10)15(18-17)13-5-3-4-6-14(13)16/h3-9,15,18H,16-17H2,1-2H3. The van der Waals surface area contributed by atoms with E-state index in [1.54, 1.807) is 0 Å². The summed E-state index contributed by atoms with van der Waals surface area (Å²) < 4.78 is 0. The molecule has 0 aliphatic heterocycles. The van der Waals surface area contributed by atoms with Crippen LogP contribution >= 0.6 is 0 Å². The highest BCUT2D eigenvalue weighted by atomic mass is 15.2. The van der Waals surface area contributed by atoms with Gasteiger partial charge in [0.1, 0.15) is 0 Å². The Balaban J connectivity index is 2.49. The second-order valence-electron chi connectivity index (χ2n) is 4.59. The van der Waals surface area contributed by atoms with E-state index in [4.69, 9.17) is 11.6 Å². The Hall–Kier alpha value is -1.84. The molecule has 3 heteroatoms. The van der Waals surface area contributed by atoms with Crippen molar-refractivity contribution >= 4 is 5.69 Å². The van der Waals surface area contributed by atoms with Crippen LogP contribution in [0.15, 0.2) is 42.5 Å². The van der Waals surface area contributed by atoms with E-state index in [0.29, 0.717) is 0 Å². The number of para-hydroxylation sites is 1. The van der Waals surface area contributed by atoms with E-state index < -0.39 is 0 Å². The van der Waals surface area contributed by atoms with Crippen molar-refractivity contribution in [2.45, 2.75) is 19.9 Å². The lowest BCUT2D eigenvalue weighted by molar-refractivity contribution is 0.635. The van der Waals surface area contributed by atoms with E-state index in [0.717, 1.165) is 16.8 Å². The van der Waals surface area contributed by atoms with Crippen molar-refractivity contribution in [2.24, 2.45) is 5.84 Å². The molecule has 0 spiro atoms. The Morgan fingerprint density at radius 1 is 1.00 bits per heavy atom. The zero-order valence-corrected chi connectivity index (χ0v) is 10.8. The summed E-state index contributed by atoms with van der Waals surface area (Å²) in [5.41, 5.74) is 14.2. The summed E-state index contributed by atoms with van der Waals surface area (Å²) in [7, 11) is 0. The first-order valence-electron chi connectivity index (χ1n) is 6.01. The van der Waals surface area contributed by atoms with Gasteiger partial charge in [0.2, 0.25) is 0 Å². The fourth-order valence-electron chi connectivity index (χ4n) is 2.27. The molecule has 0 heterocycles. The second-order valence-corrected chi connectivity index (χ2v) is 4.59. The molecule has 0 saturated carbocycles. The average molecular weight is 241 g/mol. The third kappa shape index (κ3) is 2.37. The summed E-state index contributed by atoms with van der Waals surface area (Å²) in [6.07, 6.45) is 0. The zero-order chi connectivity index (χ0) is 13.1. The molecule has 0 aliphatic rings. The quantitative estimate of drug-likeness (QED) is 0.439. The molecule has 1 unspecified atom stereocenters. The Morgan fingerprint density at radius 2 is 1.72 bits per heavy atom. The van der Waals surface area contributed by atoms with E-state index >= 15 is 0 Å². The van der Waals surface area contributed by atoms with Gasteiger partial charge < -0.3 is 5.73 Å². The maximum atomic E-state index is 6.02. The molecule has 5 N–H and O–H groups in total. The summed E-state index contributed by atoms with van der Waals surface area (Å²) in [5, 5.41) is 0. The van der Waals surface area contributed by atoms with Crippen molar-refractivity contribution in [1.82, 2.24) is 5.43 Å². The number of hydrogen-bond donors (Lipinski definition) is 3. The van der Waals surface area contributed by atoms with Crippen LogP contribution in [0.2, 0.25) is 0 Å². The first kappa shape index (κ1) is 12.6. The molecule has 0 amide bonds. The number of nitrogen functional groups attached to an aromatic ring is 1. The van der Waals surface area contributed by atoms with Crippen LogP contribution in [0.5, 0.6) is 0 Å². The predicted octanol–water partition coefficient (Wildman–Crippen LogP) is 2.44. The molecule has 0 aromatic heterocycles. The molecule has 2 aromatic carbocycles. The van der Waals surface area contributed by atoms with Crippen molar-refractivity contribution in [3.63, 3.8) is 0 Å². The van der Waals surface area contributed by atoms with Gasteiger partial charge in [-0.2, -0.15) is 0 Å². The highest BCUT2D eigenvalue weighted by Gasteiger charge is 2.16. The van der Waals surface area contributed by atoms with E-state index in [2.05, 4.69) is 37.5 Å². The van der Waals surface area contributed by atoms with Gasteiger partial charge in [-0.05, 0) is 36.6 Å². The number of nitrogens with two attached hydrogens (primary N) is 2. The number of rotatable bonds is 3. The van der Waals surface area contributed by atoms with Gasteiger partial charge in [0.05, 0.1) is 6.04 Å². The summed E-state index contributed by atoms with van der Waals surface area (Å²) in [6, 6.07) is 14.1. The lowest BCUT2D eigenvalue weighted by Gasteiger charge is -2.21. The number of aryl methyl sites for hydroxylation is 2. The molecule has 18 heavy (non-hydrogen) atoms. The first-order chi connectivity index (χ1) is 8.63. The van der Waals surface area contributed by atoms with Crippen molar-refractivity contribution in [3.8, 4) is 0 Å². The van der Waals surface area contributed by atoms with Crippen molar-refractivity contribution < 1.29 is 0 Å². The van der Waals surface area contributed by atoms with Gasteiger partial charge >= 0.3 is 0 Å².